The number of carbonyl (C=O) groups is 1. The zero-order chi connectivity index (χ0) is 24.8. The number of aliphatic hydroxyl groups excluding tert-OH is 1. The van der Waals surface area contributed by atoms with E-state index in [9.17, 15) is 9.90 Å². The minimum absolute atomic E-state index is 0.0477. The fourth-order valence-electron chi connectivity index (χ4n) is 4.46. The van der Waals surface area contributed by atoms with Crippen LogP contribution in [-0.4, -0.2) is 39.1 Å². The van der Waals surface area contributed by atoms with Gasteiger partial charge >= 0.3 is 0 Å². The molecule has 1 amide bonds. The van der Waals surface area contributed by atoms with Gasteiger partial charge in [0.1, 0.15) is 17.2 Å². The second-order valence-electron chi connectivity index (χ2n) is 8.44. The van der Waals surface area contributed by atoms with Gasteiger partial charge in [-0.25, -0.2) is 0 Å². The first-order valence-corrected chi connectivity index (χ1v) is 11.6. The average Bonchev–Trinajstić information content (AvgIpc) is 2.91. The zero-order valence-corrected chi connectivity index (χ0v) is 20.2. The molecule has 1 aliphatic rings. The summed E-state index contributed by atoms with van der Waals surface area (Å²) in [5.41, 5.74) is 2.63. The number of nitrogens with zero attached hydrogens (tertiary/aromatic N) is 1. The van der Waals surface area contributed by atoms with Crippen LogP contribution in [0.2, 0.25) is 0 Å². The Kier molecular flexibility index (Phi) is 7.90. The second-order valence-corrected chi connectivity index (χ2v) is 8.44. The third-order valence-electron chi connectivity index (χ3n) is 6.38. The van der Waals surface area contributed by atoms with E-state index < -0.39 is 6.10 Å². The van der Waals surface area contributed by atoms with Crippen molar-refractivity contribution in [2.24, 2.45) is 5.92 Å². The van der Waals surface area contributed by atoms with Crippen LogP contribution in [0.3, 0.4) is 0 Å². The molecule has 0 aromatic heterocycles. The molecule has 184 valence electrons. The molecule has 1 N–H and O–H groups in total. The number of aliphatic hydroxyl groups is 1. The quantitative estimate of drug-likeness (QED) is 0.313. The summed E-state index contributed by atoms with van der Waals surface area (Å²) in [5.74, 6) is 1.99. The minimum Gasteiger partial charge on any atom is -0.497 e. The Bertz CT molecular complexity index is 1100. The van der Waals surface area contributed by atoms with Gasteiger partial charge in [-0.3, -0.25) is 4.79 Å². The molecule has 2 unspecified atom stereocenters. The van der Waals surface area contributed by atoms with Crippen LogP contribution in [0.1, 0.15) is 36.1 Å². The predicted molar refractivity (Wildman–Crippen MR) is 133 cm³/mol. The summed E-state index contributed by atoms with van der Waals surface area (Å²) in [5, 5.41) is 10.8. The predicted octanol–water partition coefficient (Wildman–Crippen LogP) is 4.90. The summed E-state index contributed by atoms with van der Waals surface area (Å²) in [6.45, 7) is 0.170. The van der Waals surface area contributed by atoms with Crippen LogP contribution in [-0.2, 0) is 9.53 Å². The van der Waals surface area contributed by atoms with Crippen LogP contribution in [0, 0.1) is 5.92 Å². The molecule has 0 saturated carbocycles. The number of benzene rings is 3. The van der Waals surface area contributed by atoms with Gasteiger partial charge in [0, 0.05) is 12.8 Å². The molecular weight excluding hydrogens is 446 g/mol. The molecule has 0 spiro atoms. The first kappa shape index (κ1) is 24.6. The van der Waals surface area contributed by atoms with Crippen molar-refractivity contribution in [2.45, 2.75) is 25.0 Å². The van der Waals surface area contributed by atoms with Crippen LogP contribution in [0.5, 0.6) is 17.2 Å². The first-order valence-electron chi connectivity index (χ1n) is 11.6. The van der Waals surface area contributed by atoms with E-state index in [2.05, 4.69) is 0 Å². The maximum absolute atomic E-state index is 13.3. The average molecular weight is 478 g/mol. The Morgan fingerprint density at radius 3 is 1.97 bits per heavy atom. The molecule has 1 saturated heterocycles. The Morgan fingerprint density at radius 2 is 1.40 bits per heavy atom. The molecule has 3 aromatic rings. The van der Waals surface area contributed by atoms with Crippen LogP contribution in [0.15, 0.2) is 72.8 Å². The molecule has 0 radical (unpaired) electrons. The van der Waals surface area contributed by atoms with Gasteiger partial charge in [-0.1, -0.05) is 24.3 Å². The molecule has 0 aliphatic carbocycles. The Hall–Kier alpha value is -3.55. The number of β-lactam (4-membered cyclic amide) rings is 1. The Balaban J connectivity index is 1.49. The molecule has 1 fully saturated rings. The van der Waals surface area contributed by atoms with Crippen molar-refractivity contribution in [3.63, 3.8) is 0 Å². The molecule has 1 heterocycles. The summed E-state index contributed by atoms with van der Waals surface area (Å²) >= 11 is 0. The van der Waals surface area contributed by atoms with Crippen molar-refractivity contribution in [3.05, 3.63) is 83.9 Å². The smallest absolute Gasteiger partial charge is 0.233 e. The van der Waals surface area contributed by atoms with E-state index in [0.29, 0.717) is 18.6 Å². The SMILES string of the molecule is COCOc1ccc(C(O)CCC2C(=O)N(c3ccc(OC)cc3)[C@@H]2c2ccc(OC)cc2)cc1. The normalized spacial score (nSPS) is 18.1. The van der Waals surface area contributed by atoms with Gasteiger partial charge < -0.3 is 29.0 Å². The van der Waals surface area contributed by atoms with Crippen molar-refractivity contribution in [2.75, 3.05) is 33.0 Å². The topological polar surface area (TPSA) is 77.5 Å². The fourth-order valence-corrected chi connectivity index (χ4v) is 4.46. The monoisotopic (exact) mass is 477 g/mol. The lowest BCUT2D eigenvalue weighted by molar-refractivity contribution is -0.131. The number of hydrogen-bond donors (Lipinski definition) is 1. The Morgan fingerprint density at radius 1 is 0.829 bits per heavy atom. The number of carbonyl (C=O) groups excluding carboxylic acids is 1. The lowest BCUT2D eigenvalue weighted by Gasteiger charge is -2.48. The largest absolute Gasteiger partial charge is 0.497 e. The molecule has 3 aromatic carbocycles. The highest BCUT2D eigenvalue weighted by atomic mass is 16.7. The highest BCUT2D eigenvalue weighted by Gasteiger charge is 2.48. The number of anilines is 1. The highest BCUT2D eigenvalue weighted by molar-refractivity contribution is 6.03. The molecule has 1 aliphatic heterocycles. The number of methoxy groups -OCH3 is 3. The van der Waals surface area contributed by atoms with Gasteiger partial charge in [-0.15, -0.1) is 0 Å². The van der Waals surface area contributed by atoms with Crippen molar-refractivity contribution in [1.82, 2.24) is 0 Å². The molecule has 3 atom stereocenters. The van der Waals surface area contributed by atoms with Gasteiger partial charge in [0.2, 0.25) is 5.91 Å². The van der Waals surface area contributed by atoms with Crippen LogP contribution < -0.4 is 19.1 Å². The summed E-state index contributed by atoms with van der Waals surface area (Å²) in [7, 11) is 4.81. The molecule has 7 nitrogen and oxygen atoms in total. The second kappa shape index (κ2) is 11.3. The van der Waals surface area contributed by atoms with E-state index in [0.717, 1.165) is 28.3 Å². The van der Waals surface area contributed by atoms with Gasteiger partial charge in [-0.05, 0) is 72.5 Å². The third-order valence-corrected chi connectivity index (χ3v) is 6.38. The Labute approximate surface area is 205 Å². The highest BCUT2D eigenvalue weighted by Crippen LogP contribution is 2.46. The van der Waals surface area contributed by atoms with E-state index in [-0.39, 0.29) is 24.7 Å². The lowest BCUT2D eigenvalue weighted by atomic mass is 9.78. The number of amides is 1. The zero-order valence-electron chi connectivity index (χ0n) is 20.2. The van der Waals surface area contributed by atoms with Crippen LogP contribution in [0.4, 0.5) is 5.69 Å². The molecule has 4 rings (SSSR count). The summed E-state index contributed by atoms with van der Waals surface area (Å²) in [6, 6.07) is 22.4. The van der Waals surface area contributed by atoms with Gasteiger partial charge in [0.25, 0.3) is 0 Å². The van der Waals surface area contributed by atoms with Crippen molar-refractivity contribution in [3.8, 4) is 17.2 Å². The molecular formula is C28H31NO6. The molecule has 0 bridgehead atoms. The van der Waals surface area contributed by atoms with Crippen LogP contribution >= 0.6 is 0 Å². The molecule has 7 heteroatoms. The summed E-state index contributed by atoms with van der Waals surface area (Å²) in [6.07, 6.45) is 0.356. The van der Waals surface area contributed by atoms with E-state index >= 15 is 0 Å². The number of rotatable bonds is 11. The summed E-state index contributed by atoms with van der Waals surface area (Å²) in [4.78, 5) is 15.1. The minimum atomic E-state index is -0.675. The van der Waals surface area contributed by atoms with E-state index in [1.54, 1.807) is 33.5 Å². The van der Waals surface area contributed by atoms with E-state index in [1.807, 2.05) is 65.6 Å². The summed E-state index contributed by atoms with van der Waals surface area (Å²) < 4.78 is 20.9. The molecule has 35 heavy (non-hydrogen) atoms. The van der Waals surface area contributed by atoms with Crippen molar-refractivity contribution < 1.29 is 28.8 Å². The lowest BCUT2D eigenvalue weighted by Crippen LogP contribution is -2.55. The van der Waals surface area contributed by atoms with Gasteiger partial charge in [-0.2, -0.15) is 0 Å². The number of ether oxygens (including phenoxy) is 4. The number of hydrogen-bond acceptors (Lipinski definition) is 6. The van der Waals surface area contributed by atoms with Crippen LogP contribution in [0.25, 0.3) is 0 Å². The third kappa shape index (κ3) is 5.42. The standard InChI is InChI=1S/C28H31NO6/c1-32-18-35-24-12-4-19(5-13-24)26(30)17-16-25-27(20-6-10-22(33-2)11-7-20)29(28(25)31)21-8-14-23(34-3)15-9-21/h4-15,25-27,30H,16-18H2,1-3H3/t25?,26?,27-/m1/s1. The van der Waals surface area contributed by atoms with E-state index in [4.69, 9.17) is 18.9 Å². The fraction of sp³-hybridized carbons (Fsp3) is 0.321. The van der Waals surface area contributed by atoms with E-state index in [1.165, 1.54) is 0 Å². The van der Waals surface area contributed by atoms with Crippen molar-refractivity contribution >= 4 is 11.6 Å². The van der Waals surface area contributed by atoms with Crippen molar-refractivity contribution in [1.29, 1.82) is 0 Å². The maximum atomic E-state index is 13.3. The maximum Gasteiger partial charge on any atom is 0.233 e. The van der Waals surface area contributed by atoms with Gasteiger partial charge in [0.15, 0.2) is 6.79 Å². The van der Waals surface area contributed by atoms with Gasteiger partial charge in [0.05, 0.1) is 32.3 Å². The first-order chi connectivity index (χ1) is 17.0.